The molecule has 0 saturated carbocycles. The second-order valence-corrected chi connectivity index (χ2v) is 7.34. The van der Waals surface area contributed by atoms with Gasteiger partial charge in [0, 0.05) is 50.4 Å². The zero-order valence-electron chi connectivity index (χ0n) is 13.6. The third kappa shape index (κ3) is 5.70. The lowest BCUT2D eigenvalue weighted by atomic mass is 9.97. The molecule has 2 aliphatic heterocycles. The summed E-state index contributed by atoms with van der Waals surface area (Å²) in [6, 6.07) is 0. The Balaban J connectivity index is 1.82. The van der Waals surface area contributed by atoms with Crippen molar-refractivity contribution in [3.63, 3.8) is 0 Å². The molecular formula is C16H31N3OS. The molecule has 122 valence electrons. The monoisotopic (exact) mass is 313 g/mol. The van der Waals surface area contributed by atoms with Crippen molar-refractivity contribution >= 4 is 17.7 Å². The van der Waals surface area contributed by atoms with Gasteiger partial charge in [0.15, 0.2) is 5.96 Å². The zero-order valence-corrected chi connectivity index (χ0v) is 14.5. The van der Waals surface area contributed by atoms with E-state index in [0.717, 1.165) is 56.5 Å². The average Bonchev–Trinajstić information content (AvgIpc) is 2.55. The molecule has 0 amide bonds. The number of nitrogens with zero attached hydrogens (tertiary/aromatic N) is 2. The molecule has 2 fully saturated rings. The van der Waals surface area contributed by atoms with Crippen molar-refractivity contribution in [1.29, 1.82) is 0 Å². The van der Waals surface area contributed by atoms with Crippen molar-refractivity contribution < 1.29 is 4.74 Å². The fourth-order valence-electron chi connectivity index (χ4n) is 2.97. The molecule has 0 aromatic heterocycles. The SMILES string of the molecule is CCNC(=NCCC1CCOCC1)N1CCSC(CC)C1. The van der Waals surface area contributed by atoms with Gasteiger partial charge in [-0.1, -0.05) is 6.92 Å². The molecule has 21 heavy (non-hydrogen) atoms. The van der Waals surface area contributed by atoms with Gasteiger partial charge in [-0.15, -0.1) is 0 Å². The Kier molecular flexibility index (Phi) is 7.72. The van der Waals surface area contributed by atoms with Crippen LogP contribution in [-0.4, -0.2) is 61.3 Å². The van der Waals surface area contributed by atoms with Crippen LogP contribution in [0, 0.1) is 5.92 Å². The minimum Gasteiger partial charge on any atom is -0.381 e. The third-order valence-corrected chi connectivity index (χ3v) is 5.74. The summed E-state index contributed by atoms with van der Waals surface area (Å²) in [7, 11) is 0. The van der Waals surface area contributed by atoms with E-state index in [0.29, 0.717) is 0 Å². The highest BCUT2D eigenvalue weighted by atomic mass is 32.2. The first kappa shape index (κ1) is 16.9. The van der Waals surface area contributed by atoms with Crippen LogP contribution < -0.4 is 5.32 Å². The van der Waals surface area contributed by atoms with E-state index >= 15 is 0 Å². The first-order valence-corrected chi connectivity index (χ1v) is 9.61. The Hall–Kier alpha value is -0.420. The summed E-state index contributed by atoms with van der Waals surface area (Å²) in [5.74, 6) is 3.16. The lowest BCUT2D eigenvalue weighted by molar-refractivity contribution is 0.0646. The summed E-state index contributed by atoms with van der Waals surface area (Å²) in [6.45, 7) is 10.5. The van der Waals surface area contributed by atoms with Crippen molar-refractivity contribution in [2.45, 2.75) is 44.8 Å². The molecular weight excluding hydrogens is 282 g/mol. The van der Waals surface area contributed by atoms with E-state index in [1.807, 2.05) is 0 Å². The smallest absolute Gasteiger partial charge is 0.193 e. The quantitative estimate of drug-likeness (QED) is 0.625. The van der Waals surface area contributed by atoms with Crippen molar-refractivity contribution in [3.8, 4) is 0 Å². The van der Waals surface area contributed by atoms with Crippen LogP contribution in [0.25, 0.3) is 0 Å². The standard InChI is InChI=1S/C16H31N3OS/c1-3-15-13-19(9-12-21-15)16(17-4-2)18-8-5-14-6-10-20-11-7-14/h14-15H,3-13H2,1-2H3,(H,17,18). The van der Waals surface area contributed by atoms with Crippen molar-refractivity contribution in [1.82, 2.24) is 10.2 Å². The molecule has 2 rings (SSSR count). The molecule has 0 aromatic rings. The summed E-state index contributed by atoms with van der Waals surface area (Å²) in [6.07, 6.45) is 4.88. The van der Waals surface area contributed by atoms with Gasteiger partial charge in [-0.2, -0.15) is 11.8 Å². The van der Waals surface area contributed by atoms with Crippen LogP contribution >= 0.6 is 11.8 Å². The Bertz CT molecular complexity index is 319. The highest BCUT2D eigenvalue weighted by Gasteiger charge is 2.21. The van der Waals surface area contributed by atoms with Gasteiger partial charge in [0.05, 0.1) is 0 Å². The first-order valence-electron chi connectivity index (χ1n) is 8.56. The maximum atomic E-state index is 5.43. The van der Waals surface area contributed by atoms with Crippen LogP contribution in [0.3, 0.4) is 0 Å². The Morgan fingerprint density at radius 3 is 2.86 bits per heavy atom. The number of hydrogen-bond donors (Lipinski definition) is 1. The van der Waals surface area contributed by atoms with Gasteiger partial charge in [0.2, 0.25) is 0 Å². The molecule has 1 unspecified atom stereocenters. The minimum absolute atomic E-state index is 0.762. The van der Waals surface area contributed by atoms with Gasteiger partial charge in [-0.3, -0.25) is 4.99 Å². The molecule has 4 nitrogen and oxygen atoms in total. The normalized spacial score (nSPS) is 25.1. The van der Waals surface area contributed by atoms with E-state index in [9.17, 15) is 0 Å². The van der Waals surface area contributed by atoms with Crippen LogP contribution in [0.15, 0.2) is 4.99 Å². The van der Waals surface area contributed by atoms with Gasteiger partial charge in [0.25, 0.3) is 0 Å². The number of thioether (sulfide) groups is 1. The van der Waals surface area contributed by atoms with Crippen LogP contribution in [-0.2, 0) is 4.74 Å². The van der Waals surface area contributed by atoms with Crippen LogP contribution in [0.5, 0.6) is 0 Å². The fourth-order valence-corrected chi connectivity index (χ4v) is 4.15. The molecule has 0 bridgehead atoms. The lowest BCUT2D eigenvalue weighted by Crippen LogP contribution is -2.48. The van der Waals surface area contributed by atoms with Crippen LogP contribution in [0.4, 0.5) is 0 Å². The van der Waals surface area contributed by atoms with Crippen molar-refractivity contribution in [2.24, 2.45) is 10.9 Å². The van der Waals surface area contributed by atoms with Gasteiger partial charge in [-0.25, -0.2) is 0 Å². The highest BCUT2D eigenvalue weighted by Crippen LogP contribution is 2.21. The number of rotatable bonds is 5. The first-order chi connectivity index (χ1) is 10.3. The summed E-state index contributed by atoms with van der Waals surface area (Å²) in [5.41, 5.74) is 0. The Morgan fingerprint density at radius 1 is 1.33 bits per heavy atom. The van der Waals surface area contributed by atoms with E-state index in [1.54, 1.807) is 0 Å². The molecule has 2 heterocycles. The number of hydrogen-bond acceptors (Lipinski definition) is 3. The topological polar surface area (TPSA) is 36.9 Å². The summed E-state index contributed by atoms with van der Waals surface area (Å²) < 4.78 is 5.43. The molecule has 2 saturated heterocycles. The third-order valence-electron chi connectivity index (χ3n) is 4.37. The van der Waals surface area contributed by atoms with Gasteiger partial charge in [-0.05, 0) is 38.5 Å². The maximum Gasteiger partial charge on any atom is 0.193 e. The summed E-state index contributed by atoms with van der Waals surface area (Å²) >= 11 is 2.11. The predicted molar refractivity (Wildman–Crippen MR) is 92.2 cm³/mol. The van der Waals surface area contributed by atoms with E-state index in [2.05, 4.69) is 35.8 Å². The van der Waals surface area contributed by atoms with E-state index in [-0.39, 0.29) is 0 Å². The van der Waals surface area contributed by atoms with E-state index in [4.69, 9.17) is 9.73 Å². The Morgan fingerprint density at radius 2 is 2.14 bits per heavy atom. The molecule has 5 heteroatoms. The van der Waals surface area contributed by atoms with Crippen LogP contribution in [0.1, 0.15) is 39.5 Å². The van der Waals surface area contributed by atoms with Crippen molar-refractivity contribution in [3.05, 3.63) is 0 Å². The van der Waals surface area contributed by atoms with Gasteiger partial charge in [0.1, 0.15) is 0 Å². The molecule has 2 aliphatic rings. The van der Waals surface area contributed by atoms with E-state index in [1.165, 1.54) is 31.4 Å². The summed E-state index contributed by atoms with van der Waals surface area (Å²) in [4.78, 5) is 7.34. The van der Waals surface area contributed by atoms with E-state index < -0.39 is 0 Å². The predicted octanol–water partition coefficient (Wildman–Crippen LogP) is 2.60. The second-order valence-electron chi connectivity index (χ2n) is 5.93. The number of guanidine groups is 1. The minimum atomic E-state index is 0.762. The molecule has 0 spiro atoms. The number of ether oxygens (including phenoxy) is 1. The van der Waals surface area contributed by atoms with Crippen molar-refractivity contribution in [2.75, 3.05) is 45.1 Å². The molecule has 0 aliphatic carbocycles. The molecule has 1 N–H and O–H groups in total. The average molecular weight is 314 g/mol. The zero-order chi connectivity index (χ0) is 14.9. The largest absolute Gasteiger partial charge is 0.381 e. The van der Waals surface area contributed by atoms with Gasteiger partial charge >= 0.3 is 0 Å². The van der Waals surface area contributed by atoms with Crippen LogP contribution in [0.2, 0.25) is 0 Å². The fraction of sp³-hybridized carbons (Fsp3) is 0.938. The highest BCUT2D eigenvalue weighted by molar-refractivity contribution is 8.00. The maximum absolute atomic E-state index is 5.43. The van der Waals surface area contributed by atoms with Gasteiger partial charge < -0.3 is 15.0 Å². The Labute approximate surface area is 134 Å². The second kappa shape index (κ2) is 9.57. The summed E-state index contributed by atoms with van der Waals surface area (Å²) in [5, 5.41) is 4.24. The molecule has 0 radical (unpaired) electrons. The number of aliphatic imine (C=N–C) groups is 1. The number of nitrogens with one attached hydrogen (secondary N) is 1. The lowest BCUT2D eigenvalue weighted by Gasteiger charge is -2.34. The molecule has 0 aromatic carbocycles. The molecule has 1 atom stereocenters.